The molecule has 16 heavy (non-hydrogen) atoms. The number of hydrogen-bond acceptors (Lipinski definition) is 4. The number of anilines is 1. The average Bonchev–Trinajstić information content (AvgIpc) is 2.16. The standard InChI is InChI=1S/C9H10N4O3/c1-6(14)7-3-2-4-8(5-7)11-9(10)12-13(15)16/h2-5H,1H3,(H3,10,11,12). The van der Waals surface area contributed by atoms with Crippen molar-refractivity contribution in [1.29, 1.82) is 5.41 Å². The summed E-state index contributed by atoms with van der Waals surface area (Å²) in [5, 5.41) is 18.8. The third kappa shape index (κ3) is 3.37. The van der Waals surface area contributed by atoms with Gasteiger partial charge in [-0.25, -0.2) is 10.1 Å². The number of carbonyl (C=O) groups is 1. The van der Waals surface area contributed by atoms with E-state index in [0.717, 1.165) is 0 Å². The van der Waals surface area contributed by atoms with Gasteiger partial charge in [-0.1, -0.05) is 17.6 Å². The molecule has 0 spiro atoms. The maximum Gasteiger partial charge on any atom is 0.255 e. The maximum atomic E-state index is 11.1. The first-order chi connectivity index (χ1) is 7.49. The Bertz CT molecular complexity index is 444. The first kappa shape index (κ1) is 11.6. The molecule has 7 nitrogen and oxygen atoms in total. The number of hydrogen-bond donors (Lipinski definition) is 3. The van der Waals surface area contributed by atoms with Crippen molar-refractivity contribution in [3.63, 3.8) is 0 Å². The number of nitrogens with zero attached hydrogens (tertiary/aromatic N) is 1. The summed E-state index contributed by atoms with van der Waals surface area (Å²) in [5.74, 6) is -0.580. The third-order valence-electron chi connectivity index (χ3n) is 1.74. The van der Waals surface area contributed by atoms with E-state index in [-0.39, 0.29) is 5.78 Å². The summed E-state index contributed by atoms with van der Waals surface area (Å²) in [6.45, 7) is 1.42. The molecular formula is C9H10N4O3. The minimum Gasteiger partial charge on any atom is -0.322 e. The first-order valence-corrected chi connectivity index (χ1v) is 4.36. The van der Waals surface area contributed by atoms with Crippen molar-refractivity contribution in [2.75, 3.05) is 5.32 Å². The van der Waals surface area contributed by atoms with Crippen LogP contribution in [0.4, 0.5) is 5.69 Å². The topological polar surface area (TPSA) is 108 Å². The van der Waals surface area contributed by atoms with Crippen molar-refractivity contribution in [3.8, 4) is 0 Å². The Labute approximate surface area is 91.1 Å². The van der Waals surface area contributed by atoms with Gasteiger partial charge in [0, 0.05) is 11.3 Å². The van der Waals surface area contributed by atoms with Gasteiger partial charge >= 0.3 is 0 Å². The fourth-order valence-electron chi connectivity index (χ4n) is 1.08. The molecule has 0 amide bonds. The van der Waals surface area contributed by atoms with Gasteiger partial charge in [0.2, 0.25) is 0 Å². The fraction of sp³-hybridized carbons (Fsp3) is 0.111. The van der Waals surface area contributed by atoms with Crippen LogP contribution in [0.1, 0.15) is 17.3 Å². The van der Waals surface area contributed by atoms with E-state index in [0.29, 0.717) is 11.3 Å². The average molecular weight is 222 g/mol. The van der Waals surface area contributed by atoms with E-state index in [2.05, 4.69) is 5.32 Å². The molecule has 0 aliphatic carbocycles. The zero-order valence-corrected chi connectivity index (χ0v) is 8.48. The Balaban J connectivity index is 2.74. The van der Waals surface area contributed by atoms with Crippen LogP contribution in [-0.4, -0.2) is 16.8 Å². The van der Waals surface area contributed by atoms with Crippen molar-refractivity contribution >= 4 is 17.4 Å². The van der Waals surface area contributed by atoms with E-state index in [9.17, 15) is 14.9 Å². The normalized spacial score (nSPS) is 9.31. The Morgan fingerprint density at radius 3 is 2.75 bits per heavy atom. The number of nitrogens with one attached hydrogen (secondary N) is 3. The highest BCUT2D eigenvalue weighted by Crippen LogP contribution is 2.10. The quantitative estimate of drug-likeness (QED) is 0.232. The number of rotatable bonds is 3. The number of carbonyl (C=O) groups excluding carboxylic acids is 1. The molecule has 0 aliphatic heterocycles. The second-order valence-corrected chi connectivity index (χ2v) is 3.01. The largest absolute Gasteiger partial charge is 0.322 e. The van der Waals surface area contributed by atoms with Crippen LogP contribution in [-0.2, 0) is 0 Å². The third-order valence-corrected chi connectivity index (χ3v) is 1.74. The minimum atomic E-state index is -0.843. The Kier molecular flexibility index (Phi) is 3.54. The lowest BCUT2D eigenvalue weighted by molar-refractivity contribution is -0.525. The number of nitro groups is 1. The highest BCUT2D eigenvalue weighted by molar-refractivity contribution is 5.96. The van der Waals surface area contributed by atoms with E-state index >= 15 is 0 Å². The minimum absolute atomic E-state index is 0.114. The van der Waals surface area contributed by atoms with Crippen LogP contribution < -0.4 is 10.7 Å². The van der Waals surface area contributed by atoms with Crippen molar-refractivity contribution < 1.29 is 9.83 Å². The predicted molar refractivity (Wildman–Crippen MR) is 57.9 cm³/mol. The number of benzene rings is 1. The summed E-state index contributed by atoms with van der Waals surface area (Å²) in [5.41, 5.74) is 2.56. The summed E-state index contributed by atoms with van der Waals surface area (Å²) in [6.07, 6.45) is 0. The molecule has 0 saturated heterocycles. The molecule has 84 valence electrons. The molecule has 1 rings (SSSR count). The van der Waals surface area contributed by atoms with Gasteiger partial charge in [0.15, 0.2) is 10.8 Å². The van der Waals surface area contributed by atoms with Gasteiger partial charge in [-0.05, 0) is 19.1 Å². The lowest BCUT2D eigenvalue weighted by Gasteiger charge is -2.05. The van der Waals surface area contributed by atoms with Crippen LogP contribution in [0, 0.1) is 15.5 Å². The highest BCUT2D eigenvalue weighted by Gasteiger charge is 2.04. The molecule has 0 bridgehead atoms. The van der Waals surface area contributed by atoms with Gasteiger partial charge in [-0.3, -0.25) is 10.2 Å². The van der Waals surface area contributed by atoms with Crippen LogP contribution in [0.2, 0.25) is 0 Å². The number of Topliss-reactive ketones (excluding diaryl/α,β-unsaturated/α-hetero) is 1. The molecule has 1 aromatic rings. The Hall–Kier alpha value is -2.44. The van der Waals surface area contributed by atoms with Crippen LogP contribution in [0.5, 0.6) is 0 Å². The second kappa shape index (κ2) is 4.87. The van der Waals surface area contributed by atoms with Crippen molar-refractivity contribution in [2.24, 2.45) is 0 Å². The zero-order chi connectivity index (χ0) is 12.1. The molecule has 0 fully saturated rings. The van der Waals surface area contributed by atoms with Gasteiger partial charge in [0.05, 0.1) is 0 Å². The summed E-state index contributed by atoms with van der Waals surface area (Å²) in [4.78, 5) is 21.1. The summed E-state index contributed by atoms with van der Waals surface area (Å²) >= 11 is 0. The number of ketones is 1. The predicted octanol–water partition coefficient (Wildman–Crippen LogP) is 1.02. The van der Waals surface area contributed by atoms with Gasteiger partial charge in [0.1, 0.15) is 0 Å². The van der Waals surface area contributed by atoms with Gasteiger partial charge in [-0.2, -0.15) is 0 Å². The molecule has 0 aliphatic rings. The van der Waals surface area contributed by atoms with E-state index < -0.39 is 11.0 Å². The van der Waals surface area contributed by atoms with Crippen LogP contribution >= 0.6 is 0 Å². The molecule has 0 radical (unpaired) electrons. The molecule has 3 N–H and O–H groups in total. The number of hydrazine groups is 1. The molecular weight excluding hydrogens is 212 g/mol. The van der Waals surface area contributed by atoms with Crippen LogP contribution in [0.15, 0.2) is 24.3 Å². The lowest BCUT2D eigenvalue weighted by atomic mass is 10.1. The molecule has 0 aromatic heterocycles. The molecule has 1 aromatic carbocycles. The fourth-order valence-corrected chi connectivity index (χ4v) is 1.08. The van der Waals surface area contributed by atoms with E-state index in [1.807, 2.05) is 0 Å². The van der Waals surface area contributed by atoms with Gasteiger partial charge in [0.25, 0.3) is 5.96 Å². The van der Waals surface area contributed by atoms with Gasteiger partial charge in [-0.15, -0.1) is 0 Å². The monoisotopic (exact) mass is 222 g/mol. The van der Waals surface area contributed by atoms with E-state index in [4.69, 9.17) is 5.41 Å². The van der Waals surface area contributed by atoms with Crippen molar-refractivity contribution in [1.82, 2.24) is 5.43 Å². The Morgan fingerprint density at radius 1 is 1.50 bits per heavy atom. The second-order valence-electron chi connectivity index (χ2n) is 3.01. The summed E-state index contributed by atoms with van der Waals surface area (Å²) in [7, 11) is 0. The zero-order valence-electron chi connectivity index (χ0n) is 8.48. The van der Waals surface area contributed by atoms with Gasteiger partial charge < -0.3 is 5.32 Å². The van der Waals surface area contributed by atoms with Crippen LogP contribution in [0.25, 0.3) is 0 Å². The molecule has 7 heteroatoms. The van der Waals surface area contributed by atoms with Crippen LogP contribution in [0.3, 0.4) is 0 Å². The molecule has 0 saturated carbocycles. The van der Waals surface area contributed by atoms with Crippen molar-refractivity contribution in [2.45, 2.75) is 6.92 Å². The molecule has 0 unspecified atom stereocenters. The lowest BCUT2D eigenvalue weighted by Crippen LogP contribution is -2.34. The SMILES string of the molecule is CC(=O)c1cccc(NC(=N)N[N+](=O)[O-])c1. The smallest absolute Gasteiger partial charge is 0.255 e. The highest BCUT2D eigenvalue weighted by atomic mass is 16.7. The maximum absolute atomic E-state index is 11.1. The molecule has 0 atom stereocenters. The van der Waals surface area contributed by atoms with E-state index in [1.54, 1.807) is 23.6 Å². The van der Waals surface area contributed by atoms with Crippen molar-refractivity contribution in [3.05, 3.63) is 39.9 Å². The first-order valence-electron chi connectivity index (χ1n) is 4.36. The summed E-state index contributed by atoms with van der Waals surface area (Å²) in [6, 6.07) is 6.36. The number of guanidine groups is 1. The molecule has 0 heterocycles. The van der Waals surface area contributed by atoms with E-state index in [1.165, 1.54) is 13.0 Å². The summed E-state index contributed by atoms with van der Waals surface area (Å²) < 4.78 is 0. The Morgan fingerprint density at radius 2 is 2.19 bits per heavy atom.